The topological polar surface area (TPSA) is 60.2 Å². The van der Waals surface area contributed by atoms with Gasteiger partial charge in [0, 0.05) is 11.3 Å². The van der Waals surface area contributed by atoms with Crippen LogP contribution in [-0.2, 0) is 10.1 Å². The van der Waals surface area contributed by atoms with Crippen molar-refractivity contribution in [3.05, 3.63) is 35.9 Å². The molecule has 134 valence electrons. The quantitative estimate of drug-likeness (QED) is 0.253. The summed E-state index contributed by atoms with van der Waals surface area (Å²) in [7, 11) is -2.04. The summed E-state index contributed by atoms with van der Waals surface area (Å²) >= 11 is 0. The highest BCUT2D eigenvalue weighted by molar-refractivity contribution is 7.86. The number of rotatable bonds is 1. The zero-order valence-corrected chi connectivity index (χ0v) is 14.9. The number of benzene rings is 1. The molecule has 0 heterocycles. The number of halogens is 3. The fourth-order valence-electron chi connectivity index (χ4n) is 1.28. The predicted octanol–water partition coefficient (Wildman–Crippen LogP) is 2.85. The minimum Gasteiger partial charge on any atom is -0.741 e. The zero-order valence-electron chi connectivity index (χ0n) is 14.1. The minimum absolute atomic E-state index is 0.0377. The molecule has 0 radical (unpaired) electrons. The Balaban J connectivity index is 0.000000561. The van der Waals surface area contributed by atoms with Crippen LogP contribution in [0.2, 0.25) is 0 Å². The fraction of sp³-hybridized carbons (Fsp3) is 0.438. The molecule has 0 aliphatic carbocycles. The molecule has 0 aliphatic rings. The number of hydrogen-bond donors (Lipinski definition) is 0. The van der Waals surface area contributed by atoms with Gasteiger partial charge < -0.3 is 4.55 Å². The molecule has 24 heavy (non-hydrogen) atoms. The molecule has 0 fully saturated rings. The molecular weight excluding hydrogens is 343 g/mol. The summed E-state index contributed by atoms with van der Waals surface area (Å²) in [6, 6.07) is 10.3. The maximum atomic E-state index is 10.7. The van der Waals surface area contributed by atoms with E-state index in [0.29, 0.717) is 0 Å². The maximum Gasteiger partial charge on any atom is 0.485 e. The van der Waals surface area contributed by atoms with Gasteiger partial charge in [-0.3, -0.25) is 0 Å². The van der Waals surface area contributed by atoms with Crippen molar-refractivity contribution in [2.45, 2.75) is 26.3 Å². The molecule has 4 nitrogen and oxygen atoms in total. The van der Waals surface area contributed by atoms with Crippen LogP contribution < -0.4 is 0 Å². The second-order valence-corrected chi connectivity index (χ2v) is 7.38. The van der Waals surface area contributed by atoms with Crippen LogP contribution in [0.4, 0.5) is 13.2 Å². The lowest BCUT2D eigenvalue weighted by molar-refractivity contribution is -0.462. The fourth-order valence-corrected chi connectivity index (χ4v) is 1.28. The Labute approximate surface area is 140 Å². The molecule has 1 rings (SSSR count). The van der Waals surface area contributed by atoms with Gasteiger partial charge in [-0.15, -0.1) is 0 Å². The summed E-state index contributed by atoms with van der Waals surface area (Å²) in [5.74, 6) is 6.54. The van der Waals surface area contributed by atoms with Crippen LogP contribution in [0.1, 0.15) is 26.3 Å². The third kappa shape index (κ3) is 8.70. The van der Waals surface area contributed by atoms with Crippen molar-refractivity contribution in [2.24, 2.45) is 5.41 Å². The largest absolute Gasteiger partial charge is 0.741 e. The SMILES string of the molecule is C[N+](C)=C(C#CC(C)(C)C)c1ccccc1.O=S(=O)([O-])C(F)(F)F. The van der Waals surface area contributed by atoms with Crippen LogP contribution in [0.3, 0.4) is 0 Å². The average Bonchev–Trinajstić information content (AvgIpc) is 2.36. The molecule has 0 amide bonds. The lowest BCUT2D eigenvalue weighted by Crippen LogP contribution is -2.21. The van der Waals surface area contributed by atoms with Crippen LogP contribution in [-0.4, -0.2) is 42.9 Å². The van der Waals surface area contributed by atoms with Crippen LogP contribution in [0, 0.1) is 17.3 Å². The molecule has 8 heteroatoms. The van der Waals surface area contributed by atoms with E-state index in [0.717, 1.165) is 5.71 Å². The third-order valence-electron chi connectivity index (χ3n) is 2.33. The van der Waals surface area contributed by atoms with E-state index in [9.17, 15) is 13.2 Å². The van der Waals surface area contributed by atoms with E-state index < -0.39 is 15.6 Å². The van der Waals surface area contributed by atoms with Gasteiger partial charge in [0.25, 0.3) is 5.71 Å². The van der Waals surface area contributed by atoms with Gasteiger partial charge in [-0.05, 0) is 32.9 Å². The molecule has 0 saturated heterocycles. The molecule has 0 unspecified atom stereocenters. The predicted molar refractivity (Wildman–Crippen MR) is 85.6 cm³/mol. The molecular formula is C16H20F3NO3S. The summed E-state index contributed by atoms with van der Waals surface area (Å²) in [6.45, 7) is 6.37. The first-order valence-electron chi connectivity index (χ1n) is 6.80. The Morgan fingerprint density at radius 2 is 1.50 bits per heavy atom. The highest BCUT2D eigenvalue weighted by Crippen LogP contribution is 2.20. The van der Waals surface area contributed by atoms with Crippen molar-refractivity contribution >= 4 is 15.8 Å². The van der Waals surface area contributed by atoms with Crippen molar-refractivity contribution in [3.8, 4) is 11.8 Å². The number of nitrogens with zero attached hydrogens (tertiary/aromatic N) is 1. The summed E-state index contributed by atoms with van der Waals surface area (Å²) in [4.78, 5) is 0. The molecule has 1 aromatic rings. The first-order chi connectivity index (χ1) is 10.6. The maximum absolute atomic E-state index is 10.7. The third-order valence-corrected chi connectivity index (χ3v) is 2.90. The summed E-state index contributed by atoms with van der Waals surface area (Å²) in [5, 5.41) is 0. The second-order valence-electron chi connectivity index (χ2n) is 6.01. The standard InChI is InChI=1S/C15H20N.CHF3O3S/c1-15(2,3)12-11-14(16(4)5)13-9-7-6-8-10-13;2-1(3,4)8(5,6)7/h6-10H,1-5H3;(H,5,6,7)/q+1;/p-1. The summed E-state index contributed by atoms with van der Waals surface area (Å²) in [6.07, 6.45) is 0. The Morgan fingerprint density at radius 1 is 1.08 bits per heavy atom. The molecule has 0 bridgehead atoms. The summed E-state index contributed by atoms with van der Waals surface area (Å²) in [5.41, 5.74) is -3.37. The first kappa shape index (κ1) is 22.1. The van der Waals surface area contributed by atoms with Crippen molar-refractivity contribution in [3.63, 3.8) is 0 Å². The second kappa shape index (κ2) is 8.31. The van der Waals surface area contributed by atoms with Gasteiger partial charge in [0.1, 0.15) is 14.1 Å². The molecule has 0 N–H and O–H groups in total. The molecule has 0 spiro atoms. The van der Waals surface area contributed by atoms with Crippen LogP contribution in [0.25, 0.3) is 0 Å². The lowest BCUT2D eigenvalue weighted by atomic mass is 9.97. The van der Waals surface area contributed by atoms with E-state index in [1.54, 1.807) is 0 Å². The van der Waals surface area contributed by atoms with Crippen molar-refractivity contribution in [1.29, 1.82) is 0 Å². The van der Waals surface area contributed by atoms with Gasteiger partial charge in [0.15, 0.2) is 10.1 Å². The number of alkyl halides is 3. The Kier molecular flexibility index (Phi) is 7.67. The smallest absolute Gasteiger partial charge is 0.485 e. The Hall–Kier alpha value is -1.85. The van der Waals surface area contributed by atoms with Crippen LogP contribution >= 0.6 is 0 Å². The van der Waals surface area contributed by atoms with Gasteiger partial charge in [0.2, 0.25) is 0 Å². The van der Waals surface area contributed by atoms with Gasteiger partial charge >= 0.3 is 5.51 Å². The van der Waals surface area contributed by atoms with Gasteiger partial charge in [-0.1, -0.05) is 24.1 Å². The van der Waals surface area contributed by atoms with Crippen LogP contribution in [0.15, 0.2) is 30.3 Å². The Bertz CT molecular complexity index is 731. The highest BCUT2D eigenvalue weighted by Gasteiger charge is 2.36. The molecule has 1 aromatic carbocycles. The monoisotopic (exact) mass is 363 g/mol. The normalized spacial score (nSPS) is 11.5. The zero-order chi connectivity index (χ0) is 19.2. The first-order valence-corrected chi connectivity index (χ1v) is 8.21. The van der Waals surface area contributed by atoms with Gasteiger partial charge in [0.05, 0.1) is 5.56 Å². The van der Waals surface area contributed by atoms with Gasteiger partial charge in [-0.2, -0.15) is 13.2 Å². The highest BCUT2D eigenvalue weighted by atomic mass is 32.2. The van der Waals surface area contributed by atoms with Crippen molar-refractivity contribution in [2.75, 3.05) is 14.1 Å². The van der Waals surface area contributed by atoms with E-state index in [1.807, 2.05) is 32.3 Å². The van der Waals surface area contributed by atoms with Crippen molar-refractivity contribution in [1.82, 2.24) is 0 Å². The average molecular weight is 363 g/mol. The molecule has 0 atom stereocenters. The minimum atomic E-state index is -6.09. The van der Waals surface area contributed by atoms with E-state index in [4.69, 9.17) is 13.0 Å². The van der Waals surface area contributed by atoms with Crippen molar-refractivity contribution < 1.29 is 30.7 Å². The molecule has 0 aliphatic heterocycles. The molecule has 0 saturated carbocycles. The van der Waals surface area contributed by atoms with E-state index in [2.05, 4.69) is 49.3 Å². The van der Waals surface area contributed by atoms with E-state index in [-0.39, 0.29) is 5.41 Å². The van der Waals surface area contributed by atoms with E-state index in [1.165, 1.54) is 5.56 Å². The van der Waals surface area contributed by atoms with Crippen LogP contribution in [0.5, 0.6) is 0 Å². The molecule has 0 aromatic heterocycles. The van der Waals surface area contributed by atoms with E-state index >= 15 is 0 Å². The Morgan fingerprint density at radius 3 is 1.79 bits per heavy atom. The van der Waals surface area contributed by atoms with Gasteiger partial charge in [-0.25, -0.2) is 13.0 Å². The lowest BCUT2D eigenvalue weighted by Gasteiger charge is -2.08. The number of hydrogen-bond acceptors (Lipinski definition) is 3. The summed E-state index contributed by atoms with van der Waals surface area (Å²) < 4.78 is 61.0.